The molecule has 0 bridgehead atoms. The Labute approximate surface area is 122 Å². The molecule has 0 aliphatic heterocycles. The van der Waals surface area contributed by atoms with Gasteiger partial charge in [0.25, 0.3) is 0 Å². The number of rotatable bonds is 4. The van der Waals surface area contributed by atoms with Crippen LogP contribution in [0.5, 0.6) is 17.2 Å². The molecule has 0 saturated heterocycles. The van der Waals surface area contributed by atoms with Crippen LogP contribution in [0.3, 0.4) is 0 Å². The number of benzene rings is 2. The van der Waals surface area contributed by atoms with Gasteiger partial charge in [0.1, 0.15) is 23.5 Å². The third-order valence-corrected chi connectivity index (χ3v) is 2.68. The van der Waals surface area contributed by atoms with Gasteiger partial charge in [0, 0.05) is 11.6 Å². The molecule has 3 nitrogen and oxygen atoms in total. The van der Waals surface area contributed by atoms with Crippen molar-refractivity contribution in [3.8, 4) is 17.2 Å². The van der Waals surface area contributed by atoms with E-state index in [1.54, 1.807) is 24.3 Å². The monoisotopic (exact) mass is 316 g/mol. The van der Waals surface area contributed by atoms with Crippen LogP contribution in [0.1, 0.15) is 10.4 Å². The molecule has 0 unspecified atom stereocenters. The topological polar surface area (TPSA) is 35.5 Å². The van der Waals surface area contributed by atoms with Gasteiger partial charge in [0.15, 0.2) is 0 Å². The molecule has 0 saturated carbocycles. The van der Waals surface area contributed by atoms with Crippen molar-refractivity contribution >= 4 is 17.9 Å². The molecule has 0 heterocycles. The Morgan fingerprint density at radius 2 is 1.62 bits per heavy atom. The van der Waals surface area contributed by atoms with Crippen LogP contribution in [0.15, 0.2) is 42.5 Å². The van der Waals surface area contributed by atoms with Crippen LogP contribution in [-0.2, 0) is 0 Å². The zero-order valence-electron chi connectivity index (χ0n) is 10.4. The lowest BCUT2D eigenvalue weighted by molar-refractivity contribution is -0.274. The molecule has 21 heavy (non-hydrogen) atoms. The van der Waals surface area contributed by atoms with Gasteiger partial charge in [0.2, 0.25) is 0 Å². The van der Waals surface area contributed by atoms with Gasteiger partial charge in [-0.05, 0) is 36.4 Å². The number of hydrogen-bond acceptors (Lipinski definition) is 3. The lowest BCUT2D eigenvalue weighted by Crippen LogP contribution is -2.17. The van der Waals surface area contributed by atoms with Crippen molar-refractivity contribution in [3.05, 3.63) is 53.1 Å². The van der Waals surface area contributed by atoms with Crippen LogP contribution >= 0.6 is 11.6 Å². The van der Waals surface area contributed by atoms with Gasteiger partial charge >= 0.3 is 6.36 Å². The summed E-state index contributed by atoms with van der Waals surface area (Å²) in [5, 5.41) is -0.227. The normalized spacial score (nSPS) is 11.0. The Kier molecular flexibility index (Phi) is 4.37. The Bertz CT molecular complexity index is 639. The Morgan fingerprint density at radius 3 is 2.14 bits per heavy atom. The summed E-state index contributed by atoms with van der Waals surface area (Å²) in [7, 11) is 0. The van der Waals surface area contributed by atoms with Gasteiger partial charge in [0.05, 0.1) is 5.02 Å². The van der Waals surface area contributed by atoms with Gasteiger partial charge < -0.3 is 9.47 Å². The molecule has 0 spiro atoms. The first-order chi connectivity index (χ1) is 9.87. The van der Waals surface area contributed by atoms with Crippen LogP contribution in [0, 0.1) is 0 Å². The molecule has 0 amide bonds. The standard InChI is InChI=1S/C14H8ClF3O3/c15-12-7-11(5-6-13(12)21-14(16,17)18)20-10-3-1-9(8-19)2-4-10/h1-8H. The van der Waals surface area contributed by atoms with E-state index in [4.69, 9.17) is 16.3 Å². The van der Waals surface area contributed by atoms with E-state index in [1.807, 2.05) is 0 Å². The fourth-order valence-electron chi connectivity index (χ4n) is 1.50. The number of carbonyl (C=O) groups is 1. The van der Waals surface area contributed by atoms with Gasteiger partial charge in [-0.25, -0.2) is 0 Å². The van der Waals surface area contributed by atoms with E-state index in [9.17, 15) is 18.0 Å². The largest absolute Gasteiger partial charge is 0.573 e. The lowest BCUT2D eigenvalue weighted by atomic mass is 10.2. The van der Waals surface area contributed by atoms with E-state index in [-0.39, 0.29) is 10.8 Å². The van der Waals surface area contributed by atoms with Crippen LogP contribution in [0.25, 0.3) is 0 Å². The molecule has 0 atom stereocenters. The number of alkyl halides is 3. The SMILES string of the molecule is O=Cc1ccc(Oc2ccc(OC(F)(F)F)c(Cl)c2)cc1. The summed E-state index contributed by atoms with van der Waals surface area (Å²) in [6, 6.07) is 9.76. The molecule has 2 aromatic rings. The van der Waals surface area contributed by atoms with Gasteiger partial charge in [-0.1, -0.05) is 11.6 Å². The second-order valence-corrected chi connectivity index (χ2v) is 4.34. The van der Waals surface area contributed by atoms with Crippen LogP contribution in [-0.4, -0.2) is 12.6 Å². The molecule has 0 fully saturated rings. The summed E-state index contributed by atoms with van der Waals surface area (Å²) in [6.45, 7) is 0. The number of halogens is 4. The molecular formula is C14H8ClF3O3. The first-order valence-electron chi connectivity index (χ1n) is 5.66. The first kappa shape index (κ1) is 15.2. The van der Waals surface area contributed by atoms with Crippen molar-refractivity contribution in [2.75, 3.05) is 0 Å². The zero-order chi connectivity index (χ0) is 15.5. The summed E-state index contributed by atoms with van der Waals surface area (Å²) < 4.78 is 45.4. The molecule has 0 aliphatic carbocycles. The number of ether oxygens (including phenoxy) is 2. The fourth-order valence-corrected chi connectivity index (χ4v) is 1.71. The molecule has 7 heteroatoms. The van der Waals surface area contributed by atoms with E-state index >= 15 is 0 Å². The third kappa shape index (κ3) is 4.39. The van der Waals surface area contributed by atoms with Crippen molar-refractivity contribution in [2.24, 2.45) is 0 Å². The average Bonchev–Trinajstić information content (AvgIpc) is 2.41. The van der Waals surface area contributed by atoms with Crippen molar-refractivity contribution < 1.29 is 27.4 Å². The molecule has 0 N–H and O–H groups in total. The van der Waals surface area contributed by atoms with Crippen molar-refractivity contribution in [3.63, 3.8) is 0 Å². The highest BCUT2D eigenvalue weighted by Crippen LogP contribution is 2.34. The minimum Gasteiger partial charge on any atom is -0.457 e. The Morgan fingerprint density at radius 1 is 1.00 bits per heavy atom. The summed E-state index contributed by atoms with van der Waals surface area (Å²) >= 11 is 5.70. The molecule has 2 aromatic carbocycles. The second kappa shape index (κ2) is 6.05. The highest BCUT2D eigenvalue weighted by molar-refractivity contribution is 6.32. The van der Waals surface area contributed by atoms with E-state index in [1.165, 1.54) is 12.1 Å². The van der Waals surface area contributed by atoms with Gasteiger partial charge in [-0.3, -0.25) is 4.79 Å². The maximum absolute atomic E-state index is 12.1. The third-order valence-electron chi connectivity index (χ3n) is 2.38. The maximum Gasteiger partial charge on any atom is 0.573 e. The number of hydrogen-bond donors (Lipinski definition) is 0. The molecule has 0 aromatic heterocycles. The predicted molar refractivity (Wildman–Crippen MR) is 70.0 cm³/mol. The first-order valence-corrected chi connectivity index (χ1v) is 6.03. The summed E-state index contributed by atoms with van der Waals surface area (Å²) in [5.74, 6) is 0.155. The fraction of sp³-hybridized carbons (Fsp3) is 0.0714. The number of aldehydes is 1. The van der Waals surface area contributed by atoms with E-state index in [0.29, 0.717) is 17.6 Å². The minimum absolute atomic E-state index is 0.227. The summed E-state index contributed by atoms with van der Waals surface area (Å²) in [5.41, 5.74) is 0.481. The maximum atomic E-state index is 12.1. The number of carbonyl (C=O) groups excluding carboxylic acids is 1. The average molecular weight is 317 g/mol. The highest BCUT2D eigenvalue weighted by Gasteiger charge is 2.32. The molecular weight excluding hydrogens is 309 g/mol. The van der Waals surface area contributed by atoms with Crippen LogP contribution < -0.4 is 9.47 Å². The Hall–Kier alpha value is -2.21. The van der Waals surface area contributed by atoms with Crippen molar-refractivity contribution in [1.82, 2.24) is 0 Å². The Balaban J connectivity index is 2.14. The van der Waals surface area contributed by atoms with E-state index in [2.05, 4.69) is 4.74 Å². The summed E-state index contributed by atoms with van der Waals surface area (Å²) in [6.07, 6.45) is -4.12. The van der Waals surface area contributed by atoms with Gasteiger partial charge in [-0.15, -0.1) is 13.2 Å². The van der Waals surface area contributed by atoms with Gasteiger partial charge in [-0.2, -0.15) is 0 Å². The highest BCUT2D eigenvalue weighted by atomic mass is 35.5. The molecule has 2 rings (SSSR count). The summed E-state index contributed by atoms with van der Waals surface area (Å²) in [4.78, 5) is 10.5. The van der Waals surface area contributed by atoms with Crippen molar-refractivity contribution in [1.29, 1.82) is 0 Å². The molecule has 0 aliphatic rings. The minimum atomic E-state index is -4.81. The smallest absolute Gasteiger partial charge is 0.457 e. The van der Waals surface area contributed by atoms with Crippen LogP contribution in [0.2, 0.25) is 5.02 Å². The lowest BCUT2D eigenvalue weighted by Gasteiger charge is -2.12. The molecule has 0 radical (unpaired) electrons. The van der Waals surface area contributed by atoms with Crippen molar-refractivity contribution in [2.45, 2.75) is 6.36 Å². The van der Waals surface area contributed by atoms with Crippen LogP contribution in [0.4, 0.5) is 13.2 Å². The quantitative estimate of drug-likeness (QED) is 0.757. The zero-order valence-corrected chi connectivity index (χ0v) is 11.1. The van der Waals surface area contributed by atoms with E-state index in [0.717, 1.165) is 6.07 Å². The molecule has 110 valence electrons. The van der Waals surface area contributed by atoms with E-state index < -0.39 is 12.1 Å². The second-order valence-electron chi connectivity index (χ2n) is 3.93. The predicted octanol–water partition coefficient (Wildman–Crippen LogP) is 4.84.